The van der Waals surface area contributed by atoms with E-state index in [4.69, 9.17) is 11.0 Å². The Balaban J connectivity index is 0.000000125. The van der Waals surface area contributed by atoms with Crippen molar-refractivity contribution in [3.05, 3.63) is 41.8 Å². The van der Waals surface area contributed by atoms with Crippen LogP contribution in [0.1, 0.15) is 86.1 Å². The second-order valence-corrected chi connectivity index (χ2v) is 12.9. The van der Waals surface area contributed by atoms with Gasteiger partial charge in [0.2, 0.25) is 0 Å². The van der Waals surface area contributed by atoms with Crippen LogP contribution in [0.4, 0.5) is 0 Å². The van der Waals surface area contributed by atoms with Crippen LogP contribution in [0.25, 0.3) is 0 Å². The molecule has 4 atom stereocenters. The first-order valence-electron chi connectivity index (χ1n) is 10.5. The van der Waals surface area contributed by atoms with Crippen molar-refractivity contribution in [3.63, 3.8) is 0 Å². The fourth-order valence-electron chi connectivity index (χ4n) is 6.55. The lowest BCUT2D eigenvalue weighted by Crippen LogP contribution is -2.12. The molecule has 0 aromatic carbocycles. The molecule has 152 valence electrons. The largest absolute Gasteiger partial charge is 0.365 e. The summed E-state index contributed by atoms with van der Waals surface area (Å²) in [4.78, 5) is 15.8. The van der Waals surface area contributed by atoms with Gasteiger partial charge in [0, 0.05) is 9.75 Å². The van der Waals surface area contributed by atoms with Gasteiger partial charge in [-0.05, 0) is 83.4 Å². The Bertz CT molecular complexity index is 1110. The molecule has 4 aliphatic carbocycles. The number of carbonyl (C=O) groups is 1. The number of nitriles is 1. The zero-order chi connectivity index (χ0) is 21.0. The molecule has 6 rings (SSSR count). The fourth-order valence-corrected chi connectivity index (χ4v) is 8.67. The molecule has 5 heteroatoms. The number of nitrogens with two attached hydrogens (primary N) is 1. The monoisotopic (exact) mass is 424 g/mol. The normalized spacial score (nSPS) is 30.2. The molecule has 2 N–H and O–H groups in total. The maximum absolute atomic E-state index is 11.3. The van der Waals surface area contributed by atoms with Crippen LogP contribution < -0.4 is 5.73 Å². The highest BCUT2D eigenvalue weighted by Gasteiger charge is 2.64. The second-order valence-electron chi connectivity index (χ2n) is 10.5. The van der Waals surface area contributed by atoms with E-state index in [0.717, 1.165) is 40.3 Å². The van der Waals surface area contributed by atoms with E-state index in [9.17, 15) is 4.79 Å². The van der Waals surface area contributed by atoms with E-state index in [1.54, 1.807) is 22.7 Å². The van der Waals surface area contributed by atoms with Crippen molar-refractivity contribution in [2.24, 2.45) is 28.4 Å². The summed E-state index contributed by atoms with van der Waals surface area (Å²) in [6.45, 7) is 13.6. The first-order chi connectivity index (χ1) is 13.5. The van der Waals surface area contributed by atoms with Crippen molar-refractivity contribution < 1.29 is 4.79 Å². The molecule has 0 spiro atoms. The van der Waals surface area contributed by atoms with Crippen LogP contribution in [0.5, 0.6) is 0 Å². The molecular formula is C24H28N2OS2. The van der Waals surface area contributed by atoms with Gasteiger partial charge in [-0.15, -0.1) is 22.7 Å². The quantitative estimate of drug-likeness (QED) is 0.640. The molecule has 0 unspecified atom stereocenters. The highest BCUT2D eigenvalue weighted by molar-refractivity contribution is 7.14. The first-order valence-corrected chi connectivity index (χ1v) is 12.1. The van der Waals surface area contributed by atoms with Gasteiger partial charge in [-0.25, -0.2) is 0 Å². The van der Waals surface area contributed by atoms with E-state index in [1.165, 1.54) is 32.0 Å². The van der Waals surface area contributed by atoms with Gasteiger partial charge in [0.1, 0.15) is 10.9 Å². The predicted molar refractivity (Wildman–Crippen MR) is 119 cm³/mol. The maximum atomic E-state index is 11.3. The smallest absolute Gasteiger partial charge is 0.259 e. The summed E-state index contributed by atoms with van der Waals surface area (Å²) in [5, 5.41) is 9.01. The number of carbonyl (C=O) groups excluding carboxylic acids is 1. The first kappa shape index (κ1) is 19.3. The van der Waals surface area contributed by atoms with Gasteiger partial charge in [-0.3, -0.25) is 4.79 Å². The topological polar surface area (TPSA) is 66.9 Å². The molecule has 2 aromatic rings. The van der Waals surface area contributed by atoms with Gasteiger partial charge in [0.15, 0.2) is 0 Å². The highest BCUT2D eigenvalue weighted by atomic mass is 32.1. The van der Waals surface area contributed by atoms with Crippen molar-refractivity contribution in [2.45, 2.75) is 66.2 Å². The minimum Gasteiger partial charge on any atom is -0.365 e. The fraction of sp³-hybridized carbons (Fsp3) is 0.583. The Morgan fingerprint density at radius 3 is 1.97 bits per heavy atom. The Labute approximate surface area is 180 Å². The summed E-state index contributed by atoms with van der Waals surface area (Å²) in [6.07, 6.45) is 2.22. The van der Waals surface area contributed by atoms with Crippen LogP contribution in [0.15, 0.2) is 0 Å². The lowest BCUT2D eigenvalue weighted by atomic mass is 9.95. The molecule has 2 aromatic heterocycles. The Hall–Kier alpha value is -1.64. The number of primary amides is 1. The van der Waals surface area contributed by atoms with E-state index in [1.807, 2.05) is 0 Å². The van der Waals surface area contributed by atoms with Gasteiger partial charge >= 0.3 is 0 Å². The molecule has 0 radical (unpaired) electrons. The van der Waals surface area contributed by atoms with Gasteiger partial charge in [-0.2, -0.15) is 5.26 Å². The van der Waals surface area contributed by atoms with Crippen LogP contribution in [0, 0.1) is 47.8 Å². The third-order valence-electron chi connectivity index (χ3n) is 8.36. The van der Waals surface area contributed by atoms with Gasteiger partial charge in [0.05, 0.1) is 4.88 Å². The number of thiophene rings is 2. The number of aryl methyl sites for hydroxylation is 2. The lowest BCUT2D eigenvalue weighted by Gasteiger charge is -2.08. The number of hydrogen-bond acceptors (Lipinski definition) is 4. The minimum absolute atomic E-state index is 0.247. The summed E-state index contributed by atoms with van der Waals surface area (Å²) >= 11 is 3.27. The number of hydrogen-bond donors (Lipinski definition) is 1. The van der Waals surface area contributed by atoms with E-state index in [-0.39, 0.29) is 5.91 Å². The van der Waals surface area contributed by atoms with Crippen molar-refractivity contribution in [2.75, 3.05) is 0 Å². The van der Waals surface area contributed by atoms with Crippen LogP contribution in [-0.2, 0) is 12.8 Å². The average Bonchev–Trinajstić information content (AvgIpc) is 3.14. The summed E-state index contributed by atoms with van der Waals surface area (Å²) < 4.78 is 0. The minimum atomic E-state index is -0.247. The Kier molecular flexibility index (Phi) is 3.82. The Morgan fingerprint density at radius 1 is 0.966 bits per heavy atom. The van der Waals surface area contributed by atoms with E-state index >= 15 is 0 Å². The van der Waals surface area contributed by atoms with Crippen molar-refractivity contribution in [3.8, 4) is 6.07 Å². The lowest BCUT2D eigenvalue weighted by molar-refractivity contribution is 0.100. The molecule has 0 saturated heterocycles. The summed E-state index contributed by atoms with van der Waals surface area (Å²) in [6, 6.07) is 2.34. The number of nitrogens with zero attached hydrogens (tertiary/aromatic N) is 1. The van der Waals surface area contributed by atoms with Gasteiger partial charge < -0.3 is 5.73 Å². The second kappa shape index (κ2) is 5.74. The van der Waals surface area contributed by atoms with Gasteiger partial charge in [0.25, 0.3) is 5.91 Å². The van der Waals surface area contributed by atoms with Gasteiger partial charge in [-0.1, -0.05) is 27.7 Å². The van der Waals surface area contributed by atoms with E-state index in [2.05, 4.69) is 47.6 Å². The summed E-state index contributed by atoms with van der Waals surface area (Å²) in [5.41, 5.74) is 12.0. The molecule has 0 bridgehead atoms. The molecule has 2 saturated carbocycles. The molecule has 4 aliphatic rings. The molecule has 2 heterocycles. The number of rotatable bonds is 1. The standard InChI is InChI=1S/C12H15NOS.C12H13NS/c1-5-8-6(10(15-5)11(13)14)4-7-9(8)12(7,2)3;1-6-10-7(9(5-13)14-6)4-8-11(10)12(8,2)3/h7,9H,4H2,1-3H3,(H2,13,14);8,11H,4H2,1-3H3/t7-,9-;8-,11-/m11/s1. The SMILES string of the molecule is Cc1sc(C#N)c2c1[C@H]1[C@@H](C2)C1(C)C.Cc1sc(C(N)=O)c2c1[C@H]1[C@@H](C2)C1(C)C. The van der Waals surface area contributed by atoms with Crippen molar-refractivity contribution in [1.82, 2.24) is 0 Å². The zero-order valence-electron chi connectivity index (χ0n) is 18.0. The summed E-state index contributed by atoms with van der Waals surface area (Å²) in [7, 11) is 0. The molecule has 29 heavy (non-hydrogen) atoms. The molecule has 0 aliphatic heterocycles. The Morgan fingerprint density at radius 2 is 1.45 bits per heavy atom. The predicted octanol–water partition coefficient (Wildman–Crippen LogP) is 5.68. The third kappa shape index (κ3) is 2.42. The average molecular weight is 425 g/mol. The summed E-state index contributed by atoms with van der Waals surface area (Å²) in [5.74, 6) is 2.79. The van der Waals surface area contributed by atoms with Crippen LogP contribution >= 0.6 is 22.7 Å². The molecule has 2 fully saturated rings. The zero-order valence-corrected chi connectivity index (χ0v) is 19.6. The maximum Gasteiger partial charge on any atom is 0.259 e. The van der Waals surface area contributed by atoms with Crippen molar-refractivity contribution in [1.29, 1.82) is 5.26 Å². The third-order valence-corrected chi connectivity index (χ3v) is 10.6. The molecule has 3 nitrogen and oxygen atoms in total. The number of fused-ring (bicyclic) bond motifs is 6. The van der Waals surface area contributed by atoms with Crippen LogP contribution in [0.2, 0.25) is 0 Å². The molecular weight excluding hydrogens is 396 g/mol. The van der Waals surface area contributed by atoms with E-state index < -0.39 is 0 Å². The number of amides is 1. The highest BCUT2D eigenvalue weighted by Crippen LogP contribution is 2.72. The van der Waals surface area contributed by atoms with Crippen LogP contribution in [0.3, 0.4) is 0 Å². The van der Waals surface area contributed by atoms with Crippen molar-refractivity contribution >= 4 is 28.6 Å². The van der Waals surface area contributed by atoms with Crippen LogP contribution in [-0.4, -0.2) is 5.91 Å². The molecule has 1 amide bonds. The van der Waals surface area contributed by atoms with E-state index in [0.29, 0.717) is 16.7 Å².